The summed E-state index contributed by atoms with van der Waals surface area (Å²) in [6.07, 6.45) is 8.26. The first-order valence-electron chi connectivity index (χ1n) is 6.20. The molecule has 0 aromatic rings. The highest BCUT2D eigenvalue weighted by Gasteiger charge is 2.28. The Labute approximate surface area is 98.2 Å². The largest absolute Gasteiger partial charge is 0.375 e. The van der Waals surface area contributed by atoms with Crippen LogP contribution in [0, 0.1) is 0 Å². The second-order valence-electron chi connectivity index (χ2n) is 4.71. The summed E-state index contributed by atoms with van der Waals surface area (Å²) in [5.74, 6) is -0.0938. The highest BCUT2D eigenvalue weighted by atomic mass is 16.5. The van der Waals surface area contributed by atoms with Crippen LogP contribution in [-0.4, -0.2) is 24.7 Å². The van der Waals surface area contributed by atoms with Gasteiger partial charge in [-0.05, 0) is 38.7 Å². The van der Waals surface area contributed by atoms with Crippen molar-refractivity contribution in [2.75, 3.05) is 13.2 Å². The van der Waals surface area contributed by atoms with E-state index >= 15 is 0 Å². The molecule has 0 aromatic carbocycles. The molecule has 1 fully saturated rings. The highest BCUT2D eigenvalue weighted by molar-refractivity contribution is 5.86. The van der Waals surface area contributed by atoms with Crippen molar-refractivity contribution in [1.82, 2.24) is 5.32 Å². The smallest absolute Gasteiger partial charge is 0.243 e. The van der Waals surface area contributed by atoms with Crippen LogP contribution >= 0.6 is 0 Å². The van der Waals surface area contributed by atoms with E-state index in [1.807, 2.05) is 0 Å². The fraction of sp³-hybridized carbons (Fsp3) is 0.769. The molecular weight excluding hydrogens is 202 g/mol. The van der Waals surface area contributed by atoms with Crippen molar-refractivity contribution in [1.29, 1.82) is 0 Å². The van der Waals surface area contributed by atoms with Gasteiger partial charge < -0.3 is 10.1 Å². The fourth-order valence-corrected chi connectivity index (χ4v) is 2.10. The third-order valence-corrected chi connectivity index (χ3v) is 3.17. The number of rotatable bonds is 7. The second-order valence-corrected chi connectivity index (χ2v) is 4.71. The number of unbranched alkanes of at least 4 members (excludes halogenated alkanes) is 1. The van der Waals surface area contributed by atoms with E-state index in [0.29, 0.717) is 6.54 Å². The van der Waals surface area contributed by atoms with E-state index < -0.39 is 0 Å². The van der Waals surface area contributed by atoms with Crippen molar-refractivity contribution in [2.24, 2.45) is 0 Å². The molecule has 1 N–H and O–H groups in total. The van der Waals surface area contributed by atoms with Crippen molar-refractivity contribution in [3.63, 3.8) is 0 Å². The molecule has 1 aliphatic carbocycles. The molecule has 0 aliphatic heterocycles. The van der Waals surface area contributed by atoms with Crippen LogP contribution in [0.25, 0.3) is 0 Å². The van der Waals surface area contributed by atoms with Crippen LogP contribution < -0.4 is 5.32 Å². The average molecular weight is 225 g/mol. The average Bonchev–Trinajstić information content (AvgIpc) is 2.70. The first-order valence-corrected chi connectivity index (χ1v) is 6.20. The van der Waals surface area contributed by atoms with Crippen molar-refractivity contribution in [2.45, 2.75) is 51.0 Å². The fourth-order valence-electron chi connectivity index (χ4n) is 2.10. The minimum Gasteiger partial charge on any atom is -0.375 e. The Morgan fingerprint density at radius 1 is 1.44 bits per heavy atom. The molecule has 1 aliphatic rings. The third kappa shape index (κ3) is 4.79. The van der Waals surface area contributed by atoms with Crippen LogP contribution in [0.1, 0.15) is 45.4 Å². The summed E-state index contributed by atoms with van der Waals surface area (Å²) in [6.45, 7) is 7.13. The summed E-state index contributed by atoms with van der Waals surface area (Å²) in [4.78, 5) is 10.8. The maximum absolute atomic E-state index is 10.8. The van der Waals surface area contributed by atoms with Crippen LogP contribution in [0.3, 0.4) is 0 Å². The van der Waals surface area contributed by atoms with Gasteiger partial charge in [-0.15, -0.1) is 0 Å². The quantitative estimate of drug-likeness (QED) is 0.534. The molecule has 0 heterocycles. The Morgan fingerprint density at radius 2 is 2.12 bits per heavy atom. The van der Waals surface area contributed by atoms with Crippen LogP contribution in [0.2, 0.25) is 0 Å². The van der Waals surface area contributed by atoms with Gasteiger partial charge in [0.05, 0.1) is 5.60 Å². The molecule has 0 unspecified atom stereocenters. The molecule has 1 amide bonds. The van der Waals surface area contributed by atoms with Crippen LogP contribution in [0.15, 0.2) is 12.7 Å². The Balaban J connectivity index is 1.95. The lowest BCUT2D eigenvalue weighted by Crippen LogP contribution is -2.26. The van der Waals surface area contributed by atoms with Gasteiger partial charge in [0.15, 0.2) is 0 Å². The molecule has 0 radical (unpaired) electrons. The standard InChI is InChI=1S/C13H23NO2/c1-3-12(15)14-10-6-7-11-16-13(2)8-4-5-9-13/h3H,1,4-11H2,2H3,(H,14,15). The van der Waals surface area contributed by atoms with E-state index in [2.05, 4.69) is 18.8 Å². The topological polar surface area (TPSA) is 38.3 Å². The van der Waals surface area contributed by atoms with Gasteiger partial charge in [-0.3, -0.25) is 4.79 Å². The molecule has 92 valence electrons. The van der Waals surface area contributed by atoms with Crippen LogP contribution in [-0.2, 0) is 9.53 Å². The van der Waals surface area contributed by atoms with Gasteiger partial charge >= 0.3 is 0 Å². The predicted octanol–water partition coefficient (Wildman–Crippen LogP) is 2.42. The maximum Gasteiger partial charge on any atom is 0.243 e. The Morgan fingerprint density at radius 3 is 2.75 bits per heavy atom. The van der Waals surface area contributed by atoms with Crippen molar-refractivity contribution in [3.8, 4) is 0 Å². The lowest BCUT2D eigenvalue weighted by molar-refractivity contribution is -0.116. The van der Waals surface area contributed by atoms with Gasteiger partial charge in [0.2, 0.25) is 5.91 Å². The van der Waals surface area contributed by atoms with Crippen molar-refractivity contribution >= 4 is 5.91 Å². The first kappa shape index (κ1) is 13.2. The summed E-state index contributed by atoms with van der Waals surface area (Å²) >= 11 is 0. The molecule has 1 saturated carbocycles. The van der Waals surface area contributed by atoms with E-state index in [-0.39, 0.29) is 11.5 Å². The normalized spacial score (nSPS) is 18.3. The third-order valence-electron chi connectivity index (χ3n) is 3.17. The van der Waals surface area contributed by atoms with Crippen molar-refractivity contribution < 1.29 is 9.53 Å². The summed E-state index contributed by atoms with van der Waals surface area (Å²) in [6, 6.07) is 0. The van der Waals surface area contributed by atoms with E-state index in [1.54, 1.807) is 0 Å². The van der Waals surface area contributed by atoms with Crippen molar-refractivity contribution in [3.05, 3.63) is 12.7 Å². The van der Waals surface area contributed by atoms with E-state index in [1.165, 1.54) is 31.8 Å². The number of carbonyl (C=O) groups is 1. The SMILES string of the molecule is C=CC(=O)NCCCCOC1(C)CCCC1. The maximum atomic E-state index is 10.8. The Bertz CT molecular complexity index is 232. The Hall–Kier alpha value is -0.830. The molecular formula is C13H23NO2. The number of nitrogens with one attached hydrogen (secondary N) is 1. The van der Waals surface area contributed by atoms with Gasteiger partial charge in [0.25, 0.3) is 0 Å². The minimum absolute atomic E-state index is 0.0938. The van der Waals surface area contributed by atoms with E-state index in [0.717, 1.165) is 19.4 Å². The second kappa shape index (κ2) is 6.69. The molecule has 0 spiro atoms. The number of amides is 1. The number of hydrogen-bond donors (Lipinski definition) is 1. The Kier molecular flexibility index (Phi) is 5.53. The number of ether oxygens (including phenoxy) is 1. The molecule has 0 atom stereocenters. The molecule has 0 aromatic heterocycles. The van der Waals surface area contributed by atoms with Gasteiger partial charge in [-0.1, -0.05) is 19.4 Å². The summed E-state index contributed by atoms with van der Waals surface area (Å²) in [5.41, 5.74) is 0.129. The lowest BCUT2D eigenvalue weighted by Gasteiger charge is -2.24. The summed E-state index contributed by atoms with van der Waals surface area (Å²) in [7, 11) is 0. The minimum atomic E-state index is -0.0938. The molecule has 3 heteroatoms. The monoisotopic (exact) mass is 225 g/mol. The number of hydrogen-bond acceptors (Lipinski definition) is 2. The molecule has 3 nitrogen and oxygen atoms in total. The zero-order valence-electron chi connectivity index (χ0n) is 10.3. The lowest BCUT2D eigenvalue weighted by atomic mass is 10.1. The number of carbonyl (C=O) groups excluding carboxylic acids is 1. The highest BCUT2D eigenvalue weighted by Crippen LogP contribution is 2.32. The summed E-state index contributed by atoms with van der Waals surface area (Å²) in [5, 5.41) is 2.76. The molecule has 1 rings (SSSR count). The van der Waals surface area contributed by atoms with E-state index in [4.69, 9.17) is 4.74 Å². The van der Waals surface area contributed by atoms with Gasteiger partial charge in [0.1, 0.15) is 0 Å². The van der Waals surface area contributed by atoms with E-state index in [9.17, 15) is 4.79 Å². The predicted molar refractivity (Wildman–Crippen MR) is 65.3 cm³/mol. The zero-order chi connectivity index (χ0) is 11.9. The molecule has 0 bridgehead atoms. The van der Waals surface area contributed by atoms with Gasteiger partial charge in [-0.25, -0.2) is 0 Å². The molecule has 0 saturated heterocycles. The van der Waals surface area contributed by atoms with Gasteiger partial charge in [0, 0.05) is 13.2 Å². The van der Waals surface area contributed by atoms with Crippen LogP contribution in [0.5, 0.6) is 0 Å². The first-order chi connectivity index (χ1) is 7.66. The van der Waals surface area contributed by atoms with Crippen LogP contribution in [0.4, 0.5) is 0 Å². The summed E-state index contributed by atoms with van der Waals surface area (Å²) < 4.78 is 5.89. The molecule has 16 heavy (non-hydrogen) atoms. The van der Waals surface area contributed by atoms with Gasteiger partial charge in [-0.2, -0.15) is 0 Å². The zero-order valence-corrected chi connectivity index (χ0v) is 10.3.